The molecular formula is C32H43NO5. The maximum absolute atomic E-state index is 13.0. The lowest BCUT2D eigenvalue weighted by Gasteiger charge is -2.27. The number of aryl methyl sites for hydroxylation is 4. The van der Waals surface area contributed by atoms with Crippen molar-refractivity contribution in [2.24, 2.45) is 0 Å². The molecule has 1 aliphatic rings. The van der Waals surface area contributed by atoms with Crippen LogP contribution < -0.4 is 9.47 Å². The molecule has 0 spiro atoms. The summed E-state index contributed by atoms with van der Waals surface area (Å²) in [6, 6.07) is 7.75. The fourth-order valence-electron chi connectivity index (χ4n) is 4.77. The lowest BCUT2D eigenvalue weighted by Crippen LogP contribution is -2.38. The maximum Gasteiger partial charge on any atom is 0.185 e. The molecular weight excluding hydrogens is 478 g/mol. The molecule has 0 unspecified atom stereocenters. The van der Waals surface area contributed by atoms with Gasteiger partial charge in [-0.05, 0) is 106 Å². The summed E-state index contributed by atoms with van der Waals surface area (Å²) < 4.78 is 17.7. The molecule has 0 amide bonds. The zero-order chi connectivity index (χ0) is 27.9. The van der Waals surface area contributed by atoms with E-state index in [4.69, 9.17) is 14.2 Å². The zero-order valence-electron chi connectivity index (χ0n) is 24.1. The average molecular weight is 522 g/mol. The summed E-state index contributed by atoms with van der Waals surface area (Å²) >= 11 is 0. The minimum absolute atomic E-state index is 0.0574. The second-order valence-electron chi connectivity index (χ2n) is 10.7. The van der Waals surface area contributed by atoms with Gasteiger partial charge in [0.15, 0.2) is 17.2 Å². The van der Waals surface area contributed by atoms with E-state index in [1.807, 2.05) is 78.8 Å². The Morgan fingerprint density at radius 2 is 1.53 bits per heavy atom. The third-order valence-corrected chi connectivity index (χ3v) is 6.92. The molecule has 0 aliphatic carbocycles. The topological polar surface area (TPSA) is 65.1 Å². The monoisotopic (exact) mass is 521 g/mol. The minimum Gasteiger partial charge on any atom is -0.492 e. The highest BCUT2D eigenvalue weighted by atomic mass is 16.5. The highest BCUT2D eigenvalue weighted by molar-refractivity contribution is 6.07. The Labute approximate surface area is 228 Å². The van der Waals surface area contributed by atoms with E-state index < -0.39 is 5.60 Å². The number of rotatable bonds is 12. The van der Waals surface area contributed by atoms with Crippen molar-refractivity contribution in [3.8, 4) is 11.5 Å². The summed E-state index contributed by atoms with van der Waals surface area (Å²) in [6.45, 7) is 18.4. The van der Waals surface area contributed by atoms with E-state index in [1.54, 1.807) is 6.08 Å². The fourth-order valence-corrected chi connectivity index (χ4v) is 4.77. The Morgan fingerprint density at radius 1 is 0.947 bits per heavy atom. The number of hydrogen-bond donors (Lipinski definition) is 0. The number of carbonyl (C=O) groups excluding carboxylic acids is 2. The molecule has 0 radical (unpaired) electrons. The summed E-state index contributed by atoms with van der Waals surface area (Å²) in [5.74, 6) is 1.60. The van der Waals surface area contributed by atoms with Crippen LogP contribution in [-0.4, -0.2) is 61.5 Å². The van der Waals surface area contributed by atoms with Gasteiger partial charge in [0.2, 0.25) is 0 Å². The number of carbonyl (C=O) groups is 2. The van der Waals surface area contributed by atoms with Gasteiger partial charge in [0.05, 0.1) is 13.2 Å². The van der Waals surface area contributed by atoms with Crippen molar-refractivity contribution in [1.29, 1.82) is 0 Å². The molecule has 0 aromatic heterocycles. The third kappa shape index (κ3) is 7.78. The van der Waals surface area contributed by atoms with Crippen LogP contribution in [0.4, 0.5) is 0 Å². The van der Waals surface area contributed by atoms with Gasteiger partial charge in [-0.25, -0.2) is 0 Å². The van der Waals surface area contributed by atoms with E-state index in [9.17, 15) is 9.59 Å². The number of Topliss-reactive ketones (excluding diaryl/α,β-unsaturated/α-hetero) is 1. The molecule has 3 rings (SSSR count). The molecule has 1 fully saturated rings. The molecule has 0 N–H and O–H groups in total. The van der Waals surface area contributed by atoms with Gasteiger partial charge in [-0.1, -0.05) is 13.0 Å². The number of morpholine rings is 1. The molecule has 38 heavy (non-hydrogen) atoms. The number of hydrogen-bond acceptors (Lipinski definition) is 6. The summed E-state index contributed by atoms with van der Waals surface area (Å²) in [7, 11) is 0. The van der Waals surface area contributed by atoms with Crippen molar-refractivity contribution >= 4 is 17.6 Å². The fraction of sp³-hybridized carbons (Fsp3) is 0.500. The maximum atomic E-state index is 13.0. The molecule has 6 nitrogen and oxygen atoms in total. The first kappa shape index (κ1) is 29.6. The van der Waals surface area contributed by atoms with Crippen LogP contribution in [0.25, 0.3) is 6.08 Å². The second kappa shape index (κ2) is 13.2. The minimum atomic E-state index is -0.882. The molecule has 1 aliphatic heterocycles. The number of benzene rings is 2. The van der Waals surface area contributed by atoms with Crippen LogP contribution in [0.3, 0.4) is 0 Å². The number of allylic oxidation sites excluding steroid dienone is 1. The van der Waals surface area contributed by atoms with Crippen molar-refractivity contribution < 1.29 is 23.8 Å². The van der Waals surface area contributed by atoms with Gasteiger partial charge in [0.25, 0.3) is 0 Å². The Balaban J connectivity index is 1.67. The molecule has 6 heteroatoms. The van der Waals surface area contributed by atoms with Gasteiger partial charge in [-0.3, -0.25) is 14.5 Å². The predicted octanol–water partition coefficient (Wildman–Crippen LogP) is 6.05. The van der Waals surface area contributed by atoms with Gasteiger partial charge in [-0.15, -0.1) is 0 Å². The van der Waals surface area contributed by atoms with Crippen LogP contribution >= 0.6 is 0 Å². The summed E-state index contributed by atoms with van der Waals surface area (Å²) in [5, 5.41) is 0. The van der Waals surface area contributed by atoms with Crippen LogP contribution in [0, 0.1) is 27.7 Å². The van der Waals surface area contributed by atoms with Crippen molar-refractivity contribution in [3.63, 3.8) is 0 Å². The van der Waals surface area contributed by atoms with Crippen molar-refractivity contribution in [2.75, 3.05) is 39.5 Å². The summed E-state index contributed by atoms with van der Waals surface area (Å²) in [4.78, 5) is 27.8. The molecule has 0 saturated carbocycles. The molecule has 1 saturated heterocycles. The first-order chi connectivity index (χ1) is 18.0. The van der Waals surface area contributed by atoms with Crippen LogP contribution in [0.5, 0.6) is 11.5 Å². The number of ketones is 2. The van der Waals surface area contributed by atoms with Crippen molar-refractivity contribution in [2.45, 2.75) is 66.9 Å². The molecule has 2 aromatic carbocycles. The molecule has 0 bridgehead atoms. The summed E-state index contributed by atoms with van der Waals surface area (Å²) in [5.41, 5.74) is 4.44. The predicted molar refractivity (Wildman–Crippen MR) is 153 cm³/mol. The van der Waals surface area contributed by atoms with Gasteiger partial charge in [0.1, 0.15) is 18.1 Å². The van der Waals surface area contributed by atoms with E-state index in [2.05, 4.69) is 4.90 Å². The molecule has 1 heterocycles. The van der Waals surface area contributed by atoms with Crippen LogP contribution in [0.1, 0.15) is 71.8 Å². The van der Waals surface area contributed by atoms with Gasteiger partial charge >= 0.3 is 0 Å². The van der Waals surface area contributed by atoms with Gasteiger partial charge in [-0.2, -0.15) is 0 Å². The van der Waals surface area contributed by atoms with E-state index in [-0.39, 0.29) is 11.6 Å². The smallest absolute Gasteiger partial charge is 0.185 e. The van der Waals surface area contributed by atoms with Gasteiger partial charge < -0.3 is 14.2 Å². The first-order valence-electron chi connectivity index (χ1n) is 13.6. The lowest BCUT2D eigenvalue weighted by molar-refractivity contribution is -0.131. The lowest BCUT2D eigenvalue weighted by atomic mass is 9.98. The van der Waals surface area contributed by atoms with E-state index >= 15 is 0 Å². The highest BCUT2D eigenvalue weighted by Gasteiger charge is 2.29. The van der Waals surface area contributed by atoms with E-state index in [1.165, 1.54) is 0 Å². The third-order valence-electron chi connectivity index (χ3n) is 6.92. The number of ether oxygens (including phenoxy) is 3. The van der Waals surface area contributed by atoms with Gasteiger partial charge in [0, 0.05) is 31.6 Å². The van der Waals surface area contributed by atoms with Crippen LogP contribution in [0.2, 0.25) is 0 Å². The molecule has 206 valence electrons. The highest BCUT2D eigenvalue weighted by Crippen LogP contribution is 2.30. The zero-order valence-corrected chi connectivity index (χ0v) is 24.1. The Kier molecular flexibility index (Phi) is 10.3. The number of nitrogens with zero attached hydrogens (tertiary/aromatic N) is 1. The standard InChI is InChI=1S/C32H43NO5/c1-8-9-29(35)32(6,7)38-31-22(2)18-26(19-23(31)3)10-11-28(34)27-20-24(4)30(25(5)21-27)37-17-14-33-12-15-36-16-13-33/h10-11,18-21H,8-9,12-17H2,1-7H3/b11-10+. The SMILES string of the molecule is CCCC(=O)C(C)(C)Oc1c(C)cc(/C=C/C(=O)c2cc(C)c(OCCN3CCOCC3)c(C)c2)cc1C. The normalized spacial score (nSPS) is 14.6. The molecule has 0 atom stereocenters. The van der Waals surface area contributed by atoms with Crippen LogP contribution in [0.15, 0.2) is 30.3 Å². The average Bonchev–Trinajstić information content (AvgIpc) is 2.87. The van der Waals surface area contributed by atoms with Crippen LogP contribution in [-0.2, 0) is 9.53 Å². The van der Waals surface area contributed by atoms with Crippen molar-refractivity contribution in [1.82, 2.24) is 4.90 Å². The van der Waals surface area contributed by atoms with E-state index in [0.717, 1.165) is 78.6 Å². The van der Waals surface area contributed by atoms with E-state index in [0.29, 0.717) is 18.6 Å². The Morgan fingerprint density at radius 3 is 2.11 bits per heavy atom. The Bertz CT molecular complexity index is 1130. The second-order valence-corrected chi connectivity index (χ2v) is 10.7. The Hall–Kier alpha value is -2.96. The molecule has 2 aromatic rings. The quantitative estimate of drug-likeness (QED) is 0.250. The largest absolute Gasteiger partial charge is 0.492 e. The van der Waals surface area contributed by atoms with Crippen molar-refractivity contribution in [3.05, 3.63) is 63.7 Å². The first-order valence-corrected chi connectivity index (χ1v) is 13.6. The summed E-state index contributed by atoms with van der Waals surface area (Å²) in [6.07, 6.45) is 4.73.